The van der Waals surface area contributed by atoms with Crippen LogP contribution >= 0.6 is 11.8 Å². The highest BCUT2D eigenvalue weighted by atomic mass is 32.2. The standard InChI is InChI=1S/C12H13F3OS/c13-12(14,15)9-1-3-10(4-2-9)17-8-11(7-16)5-6-11/h1-4,16H,5-8H2. The van der Waals surface area contributed by atoms with E-state index < -0.39 is 11.7 Å². The molecule has 1 saturated carbocycles. The van der Waals surface area contributed by atoms with Crippen LogP contribution in [0.15, 0.2) is 29.2 Å². The van der Waals surface area contributed by atoms with Crippen LogP contribution in [0.2, 0.25) is 0 Å². The van der Waals surface area contributed by atoms with Crippen molar-refractivity contribution in [2.45, 2.75) is 23.9 Å². The summed E-state index contributed by atoms with van der Waals surface area (Å²) < 4.78 is 37.0. The number of hydrogen-bond acceptors (Lipinski definition) is 2. The van der Waals surface area contributed by atoms with Gasteiger partial charge in [-0.15, -0.1) is 11.8 Å². The van der Waals surface area contributed by atoms with Crippen molar-refractivity contribution in [3.05, 3.63) is 29.8 Å². The van der Waals surface area contributed by atoms with Gasteiger partial charge in [0.05, 0.1) is 5.56 Å². The average Bonchev–Trinajstić information content (AvgIpc) is 3.06. The molecule has 5 heteroatoms. The first-order valence-electron chi connectivity index (χ1n) is 5.36. The predicted molar refractivity (Wildman–Crippen MR) is 60.9 cm³/mol. The average molecular weight is 262 g/mol. The molecule has 1 nitrogen and oxygen atoms in total. The van der Waals surface area contributed by atoms with Gasteiger partial charge in [0.1, 0.15) is 0 Å². The number of alkyl halides is 3. The van der Waals surface area contributed by atoms with Crippen LogP contribution in [-0.2, 0) is 6.18 Å². The zero-order valence-corrected chi connectivity index (χ0v) is 9.94. The number of rotatable bonds is 4. The third-order valence-corrected chi connectivity index (χ3v) is 4.38. The molecule has 1 aliphatic rings. The molecule has 0 bridgehead atoms. The molecule has 0 aromatic heterocycles. The largest absolute Gasteiger partial charge is 0.416 e. The number of hydrogen-bond donors (Lipinski definition) is 1. The van der Waals surface area contributed by atoms with Crippen molar-refractivity contribution in [3.8, 4) is 0 Å². The van der Waals surface area contributed by atoms with Gasteiger partial charge in [0, 0.05) is 22.7 Å². The van der Waals surface area contributed by atoms with E-state index in [0.717, 1.165) is 35.6 Å². The number of halogens is 3. The third kappa shape index (κ3) is 3.16. The number of aliphatic hydroxyl groups excluding tert-OH is 1. The van der Waals surface area contributed by atoms with E-state index in [9.17, 15) is 13.2 Å². The molecule has 0 amide bonds. The smallest absolute Gasteiger partial charge is 0.396 e. The van der Waals surface area contributed by atoms with Gasteiger partial charge in [0.2, 0.25) is 0 Å². The minimum Gasteiger partial charge on any atom is -0.396 e. The second kappa shape index (κ2) is 4.53. The Morgan fingerprint density at radius 1 is 1.18 bits per heavy atom. The first-order chi connectivity index (χ1) is 7.95. The summed E-state index contributed by atoms with van der Waals surface area (Å²) in [5.74, 6) is 0.773. The molecular formula is C12H13F3OS. The minimum atomic E-state index is -4.27. The topological polar surface area (TPSA) is 20.2 Å². The van der Waals surface area contributed by atoms with Gasteiger partial charge in [0.15, 0.2) is 0 Å². The molecule has 1 aromatic rings. The van der Waals surface area contributed by atoms with E-state index in [4.69, 9.17) is 5.11 Å². The van der Waals surface area contributed by atoms with Crippen LogP contribution in [0.25, 0.3) is 0 Å². The summed E-state index contributed by atoms with van der Waals surface area (Å²) in [6.07, 6.45) is -2.25. The Morgan fingerprint density at radius 3 is 2.18 bits per heavy atom. The molecule has 94 valence electrons. The molecule has 0 aliphatic heterocycles. The maximum Gasteiger partial charge on any atom is 0.416 e. The number of benzene rings is 1. The van der Waals surface area contributed by atoms with Gasteiger partial charge in [-0.3, -0.25) is 0 Å². The van der Waals surface area contributed by atoms with Crippen molar-refractivity contribution < 1.29 is 18.3 Å². The molecule has 0 atom stereocenters. The van der Waals surface area contributed by atoms with Crippen LogP contribution in [0.5, 0.6) is 0 Å². The van der Waals surface area contributed by atoms with Gasteiger partial charge < -0.3 is 5.11 Å². The summed E-state index contributed by atoms with van der Waals surface area (Å²) in [7, 11) is 0. The Kier molecular flexibility index (Phi) is 3.41. The second-order valence-electron chi connectivity index (χ2n) is 4.47. The van der Waals surface area contributed by atoms with Gasteiger partial charge in [-0.1, -0.05) is 0 Å². The first kappa shape index (κ1) is 12.8. The van der Waals surface area contributed by atoms with Gasteiger partial charge in [-0.25, -0.2) is 0 Å². The van der Waals surface area contributed by atoms with Crippen LogP contribution in [-0.4, -0.2) is 17.5 Å². The molecule has 0 radical (unpaired) electrons. The van der Waals surface area contributed by atoms with Crippen LogP contribution in [0, 0.1) is 5.41 Å². The SMILES string of the molecule is OCC1(CSc2ccc(C(F)(F)F)cc2)CC1. The van der Waals surface area contributed by atoms with Crippen LogP contribution < -0.4 is 0 Å². The summed E-state index contributed by atoms with van der Waals surface area (Å²) >= 11 is 1.51. The Labute approximate surface area is 102 Å². The lowest BCUT2D eigenvalue weighted by Gasteiger charge is -2.11. The molecule has 2 rings (SSSR count). The molecule has 0 unspecified atom stereocenters. The third-order valence-electron chi connectivity index (χ3n) is 3.02. The normalized spacial score (nSPS) is 18.1. The number of thioether (sulfide) groups is 1. The van der Waals surface area contributed by atoms with Crippen molar-refractivity contribution in [3.63, 3.8) is 0 Å². The van der Waals surface area contributed by atoms with E-state index >= 15 is 0 Å². The quantitative estimate of drug-likeness (QED) is 0.837. The molecule has 0 saturated heterocycles. The number of aliphatic hydroxyl groups is 1. The fourth-order valence-electron chi connectivity index (χ4n) is 1.50. The van der Waals surface area contributed by atoms with E-state index in [1.807, 2.05) is 0 Å². The van der Waals surface area contributed by atoms with Crippen molar-refractivity contribution >= 4 is 11.8 Å². The molecule has 1 aliphatic carbocycles. The fraction of sp³-hybridized carbons (Fsp3) is 0.500. The summed E-state index contributed by atoms with van der Waals surface area (Å²) in [4.78, 5) is 0.817. The second-order valence-corrected chi connectivity index (χ2v) is 5.52. The summed E-state index contributed by atoms with van der Waals surface area (Å²) in [5.41, 5.74) is -0.599. The Hall–Kier alpha value is -0.680. The lowest BCUT2D eigenvalue weighted by molar-refractivity contribution is -0.137. The molecule has 1 aromatic carbocycles. The van der Waals surface area contributed by atoms with Crippen molar-refractivity contribution in [1.29, 1.82) is 0 Å². The van der Waals surface area contributed by atoms with E-state index in [2.05, 4.69) is 0 Å². The van der Waals surface area contributed by atoms with E-state index in [0.29, 0.717) is 0 Å². The highest BCUT2D eigenvalue weighted by Gasteiger charge is 2.41. The summed E-state index contributed by atoms with van der Waals surface area (Å²) in [6.45, 7) is 0.167. The predicted octanol–water partition coefficient (Wildman–Crippen LogP) is 3.57. The lowest BCUT2D eigenvalue weighted by atomic mass is 10.2. The van der Waals surface area contributed by atoms with E-state index in [-0.39, 0.29) is 12.0 Å². The lowest BCUT2D eigenvalue weighted by Crippen LogP contribution is -2.09. The molecule has 17 heavy (non-hydrogen) atoms. The minimum absolute atomic E-state index is 0.0212. The van der Waals surface area contributed by atoms with Gasteiger partial charge in [-0.05, 0) is 37.1 Å². The van der Waals surface area contributed by atoms with Crippen molar-refractivity contribution in [1.82, 2.24) is 0 Å². The maximum absolute atomic E-state index is 12.3. The highest BCUT2D eigenvalue weighted by molar-refractivity contribution is 7.99. The highest BCUT2D eigenvalue weighted by Crippen LogP contribution is 2.48. The van der Waals surface area contributed by atoms with Crippen LogP contribution in [0.4, 0.5) is 13.2 Å². The summed E-state index contributed by atoms with van der Waals surface area (Å²) in [6, 6.07) is 5.17. The molecule has 1 N–H and O–H groups in total. The molecule has 0 spiro atoms. The summed E-state index contributed by atoms with van der Waals surface area (Å²) in [5, 5.41) is 9.12. The first-order valence-corrected chi connectivity index (χ1v) is 6.35. The fourth-order valence-corrected chi connectivity index (χ4v) is 2.68. The molecule has 0 heterocycles. The van der Waals surface area contributed by atoms with Crippen LogP contribution in [0.3, 0.4) is 0 Å². The zero-order chi connectivity index (χ0) is 12.5. The monoisotopic (exact) mass is 262 g/mol. The van der Waals surface area contributed by atoms with Crippen LogP contribution in [0.1, 0.15) is 18.4 Å². The Balaban J connectivity index is 1.94. The van der Waals surface area contributed by atoms with Crippen molar-refractivity contribution in [2.24, 2.45) is 5.41 Å². The van der Waals surface area contributed by atoms with E-state index in [1.165, 1.54) is 23.9 Å². The van der Waals surface area contributed by atoms with E-state index in [1.54, 1.807) is 0 Å². The van der Waals surface area contributed by atoms with Gasteiger partial charge in [0.25, 0.3) is 0 Å². The zero-order valence-electron chi connectivity index (χ0n) is 9.13. The molecular weight excluding hydrogens is 249 g/mol. The van der Waals surface area contributed by atoms with Gasteiger partial charge in [-0.2, -0.15) is 13.2 Å². The Bertz CT molecular complexity index is 382. The van der Waals surface area contributed by atoms with Crippen molar-refractivity contribution in [2.75, 3.05) is 12.4 Å². The maximum atomic E-state index is 12.3. The Morgan fingerprint density at radius 2 is 1.76 bits per heavy atom. The van der Waals surface area contributed by atoms with Gasteiger partial charge >= 0.3 is 6.18 Å². The molecule has 1 fully saturated rings.